The summed E-state index contributed by atoms with van der Waals surface area (Å²) >= 11 is 0. The first kappa shape index (κ1) is 26.2. The molecule has 0 atom stereocenters. The molecule has 0 bridgehead atoms. The van der Waals surface area contributed by atoms with E-state index in [4.69, 9.17) is 9.72 Å². The Balaban J connectivity index is 1.36. The van der Waals surface area contributed by atoms with E-state index in [-0.39, 0.29) is 5.78 Å². The molecule has 0 aliphatic carbocycles. The Morgan fingerprint density at radius 2 is 1.31 bits per heavy atom. The highest BCUT2D eigenvalue weighted by molar-refractivity contribution is 5.96. The number of aromatic nitrogens is 2. The van der Waals surface area contributed by atoms with Crippen LogP contribution >= 0.6 is 0 Å². The molecule has 4 nitrogen and oxygen atoms in total. The summed E-state index contributed by atoms with van der Waals surface area (Å²) in [5.74, 6) is 0.960. The molecule has 5 rings (SSSR count). The van der Waals surface area contributed by atoms with Crippen LogP contribution in [0.15, 0.2) is 128 Å². The maximum Gasteiger partial charge on any atom is 0.162 e. The first-order valence-electron chi connectivity index (χ1n) is 13.7. The van der Waals surface area contributed by atoms with Crippen molar-refractivity contribution in [3.8, 4) is 5.75 Å². The third kappa shape index (κ3) is 5.70. The molecular formula is C35H34N2O2. The summed E-state index contributed by atoms with van der Waals surface area (Å²) < 4.78 is 8.20. The van der Waals surface area contributed by atoms with Gasteiger partial charge in [0.25, 0.3) is 0 Å². The van der Waals surface area contributed by atoms with Gasteiger partial charge in [-0.15, -0.1) is 0 Å². The van der Waals surface area contributed by atoms with Crippen molar-refractivity contribution in [1.29, 1.82) is 0 Å². The Morgan fingerprint density at radius 1 is 0.769 bits per heavy atom. The first-order chi connectivity index (χ1) is 19.2. The third-order valence-electron chi connectivity index (χ3n) is 7.10. The van der Waals surface area contributed by atoms with Crippen molar-refractivity contribution in [3.63, 3.8) is 0 Å². The van der Waals surface area contributed by atoms with Crippen molar-refractivity contribution in [2.75, 3.05) is 6.61 Å². The minimum absolute atomic E-state index is 0.178. The number of aryl methyl sites for hydroxylation is 1. The molecule has 0 N–H and O–H groups in total. The predicted molar refractivity (Wildman–Crippen MR) is 156 cm³/mol. The minimum atomic E-state index is -0.553. The molecule has 0 aliphatic heterocycles. The standard InChI is InChI=1S/C35H34N2O2/c1-2-13-34(38)28-21-23-33(24-22-28)39-25-12-20-32-26-37(27-36-32)35(29-14-6-3-7-15-29,30-16-8-4-9-17-30)31-18-10-5-11-19-31/h3-11,14-19,21-24,26-27H,2,12-13,20,25H2,1H3. The maximum atomic E-state index is 12.1. The fourth-order valence-electron chi connectivity index (χ4n) is 5.21. The molecule has 0 aliphatic rings. The second kappa shape index (κ2) is 12.4. The number of hydrogen-bond acceptors (Lipinski definition) is 3. The molecule has 4 heteroatoms. The molecule has 39 heavy (non-hydrogen) atoms. The maximum absolute atomic E-state index is 12.1. The van der Waals surface area contributed by atoms with Crippen LogP contribution in [0.5, 0.6) is 5.75 Å². The van der Waals surface area contributed by atoms with Gasteiger partial charge in [-0.2, -0.15) is 0 Å². The zero-order valence-corrected chi connectivity index (χ0v) is 22.4. The molecular weight excluding hydrogens is 480 g/mol. The molecule has 5 aromatic rings. The van der Waals surface area contributed by atoms with E-state index >= 15 is 0 Å². The van der Waals surface area contributed by atoms with Crippen molar-refractivity contribution in [2.24, 2.45) is 0 Å². The Bertz CT molecular complexity index is 1360. The number of ether oxygens (including phenoxy) is 1. The molecule has 1 aromatic heterocycles. The van der Waals surface area contributed by atoms with Gasteiger partial charge in [-0.25, -0.2) is 4.98 Å². The van der Waals surface area contributed by atoms with Crippen molar-refractivity contribution in [3.05, 3.63) is 156 Å². The quantitative estimate of drug-likeness (QED) is 0.0973. The van der Waals surface area contributed by atoms with Gasteiger partial charge in [0, 0.05) is 18.2 Å². The molecule has 0 radical (unpaired) electrons. The van der Waals surface area contributed by atoms with Crippen LogP contribution in [-0.2, 0) is 12.0 Å². The number of imidazole rings is 1. The van der Waals surface area contributed by atoms with Crippen molar-refractivity contribution in [1.82, 2.24) is 9.55 Å². The van der Waals surface area contributed by atoms with Gasteiger partial charge in [0.05, 0.1) is 18.6 Å². The SMILES string of the molecule is CCCC(=O)c1ccc(OCCCc2cn(C(c3ccccc3)(c3ccccc3)c3ccccc3)cn2)cc1. The summed E-state index contributed by atoms with van der Waals surface area (Å²) in [4.78, 5) is 16.9. The molecule has 0 saturated carbocycles. The van der Waals surface area contributed by atoms with E-state index in [1.165, 1.54) is 16.7 Å². The van der Waals surface area contributed by atoms with Crippen molar-refractivity contribution >= 4 is 5.78 Å². The van der Waals surface area contributed by atoms with Gasteiger partial charge in [-0.1, -0.05) is 97.9 Å². The van der Waals surface area contributed by atoms with Gasteiger partial charge in [0.15, 0.2) is 5.78 Å². The van der Waals surface area contributed by atoms with Gasteiger partial charge in [0.1, 0.15) is 11.3 Å². The lowest BCUT2D eigenvalue weighted by molar-refractivity contribution is 0.0981. The zero-order chi connectivity index (χ0) is 26.9. The zero-order valence-electron chi connectivity index (χ0n) is 22.4. The van der Waals surface area contributed by atoms with Gasteiger partial charge < -0.3 is 9.30 Å². The molecule has 0 amide bonds. The fraction of sp³-hybridized carbons (Fsp3) is 0.200. The third-order valence-corrected chi connectivity index (χ3v) is 7.10. The number of hydrogen-bond donors (Lipinski definition) is 0. The normalized spacial score (nSPS) is 11.3. The highest BCUT2D eigenvalue weighted by Crippen LogP contribution is 2.40. The second-order valence-corrected chi connectivity index (χ2v) is 9.73. The topological polar surface area (TPSA) is 44.1 Å². The number of nitrogens with zero attached hydrogens (tertiary/aromatic N) is 2. The summed E-state index contributed by atoms with van der Waals surface area (Å²) in [5, 5.41) is 0. The highest BCUT2D eigenvalue weighted by Gasteiger charge is 2.38. The summed E-state index contributed by atoms with van der Waals surface area (Å²) in [7, 11) is 0. The monoisotopic (exact) mass is 514 g/mol. The largest absolute Gasteiger partial charge is 0.494 e. The molecule has 0 unspecified atom stereocenters. The predicted octanol–water partition coefficient (Wildman–Crippen LogP) is 7.72. The first-order valence-corrected chi connectivity index (χ1v) is 13.7. The molecule has 4 aromatic carbocycles. The van der Waals surface area contributed by atoms with E-state index in [1.54, 1.807) is 0 Å². The van der Waals surface area contributed by atoms with Gasteiger partial charge in [-0.3, -0.25) is 4.79 Å². The van der Waals surface area contributed by atoms with E-state index in [1.807, 2.05) is 37.5 Å². The average Bonchev–Trinajstić information content (AvgIpc) is 3.47. The lowest BCUT2D eigenvalue weighted by Crippen LogP contribution is -2.36. The second-order valence-electron chi connectivity index (χ2n) is 9.73. The van der Waals surface area contributed by atoms with Crippen molar-refractivity contribution in [2.45, 2.75) is 38.1 Å². The molecule has 196 valence electrons. The van der Waals surface area contributed by atoms with Crippen LogP contribution < -0.4 is 4.74 Å². The summed E-state index contributed by atoms with van der Waals surface area (Å²) in [6.07, 6.45) is 7.19. The van der Waals surface area contributed by atoms with Gasteiger partial charge in [-0.05, 0) is 60.2 Å². The van der Waals surface area contributed by atoms with Gasteiger partial charge in [0.2, 0.25) is 0 Å². The molecule has 1 heterocycles. The number of carbonyl (C=O) groups is 1. The summed E-state index contributed by atoms with van der Waals surface area (Å²) in [5.41, 5.74) is 4.74. The molecule has 0 saturated heterocycles. The smallest absolute Gasteiger partial charge is 0.162 e. The van der Waals surface area contributed by atoms with E-state index < -0.39 is 5.54 Å². The fourth-order valence-corrected chi connectivity index (χ4v) is 5.21. The number of Topliss-reactive ketones (excluding diaryl/α,β-unsaturated/α-hetero) is 1. The van der Waals surface area contributed by atoms with Crippen LogP contribution in [0.3, 0.4) is 0 Å². The lowest BCUT2D eigenvalue weighted by Gasteiger charge is -2.37. The van der Waals surface area contributed by atoms with E-state index in [0.29, 0.717) is 13.0 Å². The number of carbonyl (C=O) groups excluding carboxylic acids is 1. The van der Waals surface area contributed by atoms with Crippen LogP contribution in [0, 0.1) is 0 Å². The highest BCUT2D eigenvalue weighted by atomic mass is 16.5. The molecule has 0 spiro atoms. The summed E-state index contributed by atoms with van der Waals surface area (Å²) in [6, 6.07) is 39.3. The number of ketones is 1. The average molecular weight is 515 g/mol. The number of rotatable bonds is 12. The Kier molecular flexibility index (Phi) is 8.33. The van der Waals surface area contributed by atoms with Crippen LogP contribution in [-0.4, -0.2) is 21.9 Å². The van der Waals surface area contributed by atoms with E-state index in [9.17, 15) is 4.79 Å². The van der Waals surface area contributed by atoms with Crippen LogP contribution in [0.25, 0.3) is 0 Å². The van der Waals surface area contributed by atoms with Crippen molar-refractivity contribution < 1.29 is 9.53 Å². The van der Waals surface area contributed by atoms with E-state index in [0.717, 1.165) is 36.3 Å². The Morgan fingerprint density at radius 3 is 1.82 bits per heavy atom. The Labute approximate surface area is 230 Å². The summed E-state index contributed by atoms with van der Waals surface area (Å²) in [6.45, 7) is 2.60. The van der Waals surface area contributed by atoms with Crippen LogP contribution in [0.4, 0.5) is 0 Å². The van der Waals surface area contributed by atoms with Crippen LogP contribution in [0.2, 0.25) is 0 Å². The van der Waals surface area contributed by atoms with Gasteiger partial charge >= 0.3 is 0 Å². The van der Waals surface area contributed by atoms with E-state index in [2.05, 4.69) is 102 Å². The molecule has 0 fully saturated rings. The lowest BCUT2D eigenvalue weighted by atomic mass is 9.77. The van der Waals surface area contributed by atoms with Crippen LogP contribution in [0.1, 0.15) is 58.9 Å². The number of benzene rings is 4. The Hall–Kier alpha value is -4.44. The minimum Gasteiger partial charge on any atom is -0.494 e.